The van der Waals surface area contributed by atoms with Crippen molar-refractivity contribution in [2.24, 2.45) is 0 Å². The second kappa shape index (κ2) is 7.35. The number of nitrogens with zero attached hydrogens (tertiary/aromatic N) is 1. The van der Waals surface area contributed by atoms with Crippen molar-refractivity contribution >= 4 is 21.8 Å². The molecule has 0 radical (unpaired) electrons. The van der Waals surface area contributed by atoms with E-state index in [4.69, 9.17) is 4.74 Å². The Kier molecular flexibility index (Phi) is 4.48. The summed E-state index contributed by atoms with van der Waals surface area (Å²) in [4.78, 5) is 56.8. The highest BCUT2D eigenvalue weighted by Gasteiger charge is 2.22. The van der Waals surface area contributed by atoms with Gasteiger partial charge in [0.15, 0.2) is 0 Å². The molecule has 0 aliphatic heterocycles. The van der Waals surface area contributed by atoms with Gasteiger partial charge in [-0.15, -0.1) is 0 Å². The largest absolute Gasteiger partial charge is 0.496 e. The second-order valence-corrected chi connectivity index (χ2v) is 7.37. The van der Waals surface area contributed by atoms with E-state index < -0.39 is 22.0 Å². The van der Waals surface area contributed by atoms with Crippen molar-refractivity contribution in [1.29, 1.82) is 0 Å². The molecule has 5 rings (SSSR count). The molecule has 8 nitrogen and oxygen atoms in total. The molecular weight excluding hydrogens is 410 g/mol. The fraction of sp³-hybridized carbons (Fsp3) is 0.0833. The van der Waals surface area contributed by atoms with Crippen LogP contribution < -0.4 is 26.7 Å². The average molecular weight is 427 g/mol. The number of ether oxygens (including phenoxy) is 1. The fourth-order valence-electron chi connectivity index (χ4n) is 4.00. The first-order chi connectivity index (χ1) is 15.5. The number of aromatic amines is 2. The Labute approximate surface area is 179 Å². The van der Waals surface area contributed by atoms with Gasteiger partial charge in [0.2, 0.25) is 10.9 Å². The van der Waals surface area contributed by atoms with Crippen LogP contribution in [0.1, 0.15) is 5.56 Å². The van der Waals surface area contributed by atoms with E-state index >= 15 is 0 Å². The molecule has 8 heteroatoms. The minimum atomic E-state index is -0.764. The SMILES string of the molecule is COc1ccccc1-c1ccc(Cn2c(=O)c3c(=O)c4[nH]cc[nH]c4c(=O)c3c2=O)cc1. The molecule has 0 atom stereocenters. The summed E-state index contributed by atoms with van der Waals surface area (Å²) in [6, 6.07) is 14.9. The number of nitrogens with one attached hydrogen (secondary N) is 2. The normalized spacial score (nSPS) is 11.3. The van der Waals surface area contributed by atoms with Crippen LogP contribution in [0.15, 0.2) is 80.1 Å². The summed E-state index contributed by atoms with van der Waals surface area (Å²) in [5.74, 6) is 0.729. The molecule has 2 N–H and O–H groups in total. The number of H-pyrrole nitrogens is 2. The van der Waals surface area contributed by atoms with E-state index in [-0.39, 0.29) is 28.4 Å². The lowest BCUT2D eigenvalue weighted by Crippen LogP contribution is -2.27. The molecule has 0 spiro atoms. The smallest absolute Gasteiger partial charge is 0.266 e. The zero-order valence-electron chi connectivity index (χ0n) is 17.0. The van der Waals surface area contributed by atoms with Gasteiger partial charge < -0.3 is 14.7 Å². The number of para-hydroxylation sites is 1. The molecule has 158 valence electrons. The van der Waals surface area contributed by atoms with Gasteiger partial charge in [0.25, 0.3) is 11.1 Å². The Morgan fingerprint density at radius 1 is 0.781 bits per heavy atom. The summed E-state index contributed by atoms with van der Waals surface area (Å²) in [7, 11) is 1.60. The predicted molar refractivity (Wildman–Crippen MR) is 122 cm³/mol. The maximum atomic E-state index is 12.9. The number of aromatic nitrogens is 3. The van der Waals surface area contributed by atoms with Crippen molar-refractivity contribution in [2.45, 2.75) is 6.54 Å². The van der Waals surface area contributed by atoms with Crippen molar-refractivity contribution in [1.82, 2.24) is 14.5 Å². The highest BCUT2D eigenvalue weighted by molar-refractivity contribution is 5.94. The lowest BCUT2D eigenvalue weighted by atomic mass is 10.0. The Morgan fingerprint density at radius 2 is 1.34 bits per heavy atom. The monoisotopic (exact) mass is 427 g/mol. The van der Waals surface area contributed by atoms with Crippen LogP contribution in [-0.2, 0) is 6.54 Å². The molecule has 2 heterocycles. The van der Waals surface area contributed by atoms with Crippen molar-refractivity contribution < 1.29 is 4.74 Å². The topological polar surface area (TPSA) is 114 Å². The Balaban J connectivity index is 1.62. The Hall–Kier alpha value is -4.46. The van der Waals surface area contributed by atoms with Gasteiger partial charge in [-0.05, 0) is 17.2 Å². The highest BCUT2D eigenvalue weighted by Crippen LogP contribution is 2.29. The number of fused-ring (bicyclic) bond motifs is 2. The fourth-order valence-corrected chi connectivity index (χ4v) is 4.00. The molecule has 5 aromatic rings. The molecule has 0 amide bonds. The van der Waals surface area contributed by atoms with Crippen molar-refractivity contribution in [3.05, 3.63) is 108 Å². The highest BCUT2D eigenvalue weighted by atomic mass is 16.5. The van der Waals surface area contributed by atoms with Gasteiger partial charge in [-0.25, -0.2) is 0 Å². The first kappa shape index (κ1) is 19.5. The third-order valence-electron chi connectivity index (χ3n) is 5.58. The van der Waals surface area contributed by atoms with Gasteiger partial charge >= 0.3 is 0 Å². The standard InChI is InChI=1S/C24H17N3O5/c1-32-16-5-3-2-4-15(16)14-8-6-13(7-9-14)12-27-23(30)17-18(24(27)31)22(29)20-19(21(17)28)25-10-11-26-20/h2-11,25-26H,12H2,1H3. The molecule has 0 aliphatic rings. The van der Waals surface area contributed by atoms with Crippen LogP contribution in [0.25, 0.3) is 32.9 Å². The zero-order chi connectivity index (χ0) is 22.4. The molecule has 0 bridgehead atoms. The van der Waals surface area contributed by atoms with Crippen molar-refractivity contribution in [3.8, 4) is 16.9 Å². The molecule has 0 saturated heterocycles. The maximum absolute atomic E-state index is 12.9. The zero-order valence-corrected chi connectivity index (χ0v) is 17.0. The summed E-state index contributed by atoms with van der Waals surface area (Å²) in [6.45, 7) is -0.0544. The predicted octanol–water partition coefficient (Wildman–Crippen LogP) is 2.05. The molecule has 3 aromatic carbocycles. The number of hydrogen-bond donors (Lipinski definition) is 2. The number of rotatable bonds is 4. The third kappa shape index (κ3) is 2.84. The Bertz CT molecular complexity index is 1630. The van der Waals surface area contributed by atoms with E-state index in [0.29, 0.717) is 5.56 Å². The molecule has 0 fully saturated rings. The molecular formula is C24H17N3O5. The first-order valence-corrected chi connectivity index (χ1v) is 9.86. The van der Waals surface area contributed by atoms with Crippen LogP contribution in [0.3, 0.4) is 0 Å². The van der Waals surface area contributed by atoms with Crippen LogP contribution in [0, 0.1) is 0 Å². The molecule has 2 aromatic heterocycles. The summed E-state index contributed by atoms with van der Waals surface area (Å²) in [5.41, 5.74) is -0.414. The van der Waals surface area contributed by atoms with Crippen molar-refractivity contribution in [3.63, 3.8) is 0 Å². The molecule has 0 aliphatic carbocycles. The third-order valence-corrected chi connectivity index (χ3v) is 5.58. The minimum Gasteiger partial charge on any atom is -0.496 e. The van der Waals surface area contributed by atoms with E-state index in [0.717, 1.165) is 21.4 Å². The van der Waals surface area contributed by atoms with E-state index in [1.165, 1.54) is 12.4 Å². The number of hydrogen-bond acceptors (Lipinski definition) is 5. The maximum Gasteiger partial charge on any atom is 0.266 e. The van der Waals surface area contributed by atoms with Crippen molar-refractivity contribution in [2.75, 3.05) is 7.11 Å². The van der Waals surface area contributed by atoms with Gasteiger partial charge in [-0.1, -0.05) is 42.5 Å². The second-order valence-electron chi connectivity index (χ2n) is 7.37. The molecule has 0 saturated carbocycles. The summed E-state index contributed by atoms with van der Waals surface area (Å²) < 4.78 is 6.33. The van der Waals surface area contributed by atoms with Crippen LogP contribution in [0.5, 0.6) is 5.75 Å². The summed E-state index contributed by atoms with van der Waals surface area (Å²) >= 11 is 0. The van der Waals surface area contributed by atoms with Gasteiger partial charge in [0.1, 0.15) is 27.6 Å². The van der Waals surface area contributed by atoms with E-state index in [2.05, 4.69) is 9.97 Å². The van der Waals surface area contributed by atoms with Gasteiger partial charge in [-0.2, -0.15) is 0 Å². The lowest BCUT2D eigenvalue weighted by molar-refractivity contribution is 0.416. The quantitative estimate of drug-likeness (QED) is 0.456. The van der Waals surface area contributed by atoms with E-state index in [1.807, 2.05) is 36.4 Å². The molecule has 0 unspecified atom stereocenters. The summed E-state index contributed by atoms with van der Waals surface area (Å²) in [6.07, 6.45) is 2.88. The minimum absolute atomic E-state index is 0.0274. The van der Waals surface area contributed by atoms with E-state index in [9.17, 15) is 19.2 Å². The Morgan fingerprint density at radius 3 is 1.91 bits per heavy atom. The van der Waals surface area contributed by atoms with Gasteiger partial charge in [0, 0.05) is 18.0 Å². The molecule has 32 heavy (non-hydrogen) atoms. The number of methoxy groups -OCH3 is 1. The first-order valence-electron chi connectivity index (χ1n) is 9.86. The lowest BCUT2D eigenvalue weighted by Gasteiger charge is -2.09. The van der Waals surface area contributed by atoms with Crippen LogP contribution in [0.4, 0.5) is 0 Å². The van der Waals surface area contributed by atoms with Gasteiger partial charge in [-0.3, -0.25) is 23.7 Å². The summed E-state index contributed by atoms with van der Waals surface area (Å²) in [5, 5.41) is -0.761. The number of benzene rings is 3. The van der Waals surface area contributed by atoms with Crippen LogP contribution >= 0.6 is 0 Å². The average Bonchev–Trinajstić information content (AvgIpc) is 3.08. The van der Waals surface area contributed by atoms with Crippen LogP contribution in [0.2, 0.25) is 0 Å². The van der Waals surface area contributed by atoms with E-state index in [1.54, 1.807) is 19.2 Å². The van der Waals surface area contributed by atoms with Gasteiger partial charge in [0.05, 0.1) is 13.7 Å². The van der Waals surface area contributed by atoms with Crippen LogP contribution in [-0.4, -0.2) is 21.6 Å².